The van der Waals surface area contributed by atoms with E-state index in [9.17, 15) is 0 Å². The molecule has 0 amide bonds. The van der Waals surface area contributed by atoms with E-state index in [1.165, 1.54) is 0 Å². The first-order chi connectivity index (χ1) is 12.5. The molecule has 1 N–H and O–H groups in total. The fraction of sp³-hybridized carbons (Fsp3) is 0.700. The number of hydrogen-bond donors (Lipinski definition) is 1. The minimum atomic E-state index is 0. The smallest absolute Gasteiger partial charge is 0.194 e. The molecule has 0 aliphatic carbocycles. The molecule has 1 saturated heterocycles. The average molecular weight is 488 g/mol. The Morgan fingerprint density at radius 3 is 2.33 bits per heavy atom. The predicted octanol–water partition coefficient (Wildman–Crippen LogP) is 2.91. The molecule has 0 atom stereocenters. The third kappa shape index (κ3) is 7.44. The van der Waals surface area contributed by atoms with Crippen LogP contribution in [-0.2, 0) is 0 Å². The molecule has 1 aromatic rings. The zero-order chi connectivity index (χ0) is 18.9. The lowest BCUT2D eigenvalue weighted by Gasteiger charge is -2.37. The summed E-state index contributed by atoms with van der Waals surface area (Å²) in [4.78, 5) is 16.6. The van der Waals surface area contributed by atoms with E-state index in [-0.39, 0.29) is 24.0 Å². The van der Waals surface area contributed by atoms with Gasteiger partial charge in [-0.3, -0.25) is 9.89 Å². The summed E-state index contributed by atoms with van der Waals surface area (Å²) in [5.74, 6) is 2.11. The van der Waals surface area contributed by atoms with Crippen LogP contribution in [0, 0.1) is 0 Å². The highest BCUT2D eigenvalue weighted by atomic mass is 127. The lowest BCUT2D eigenvalue weighted by Crippen LogP contribution is -2.53. The number of anilines is 1. The lowest BCUT2D eigenvalue weighted by atomic mass is 10.2. The van der Waals surface area contributed by atoms with Gasteiger partial charge in [-0.2, -0.15) is 0 Å². The molecule has 0 bridgehead atoms. The average Bonchev–Trinajstić information content (AvgIpc) is 2.64. The maximum Gasteiger partial charge on any atom is 0.194 e. The van der Waals surface area contributed by atoms with Crippen molar-refractivity contribution in [2.24, 2.45) is 4.99 Å². The Kier molecular flexibility index (Phi) is 11.0. The van der Waals surface area contributed by atoms with Gasteiger partial charge in [0.05, 0.1) is 6.54 Å². The number of guanidine groups is 1. The van der Waals surface area contributed by atoms with Gasteiger partial charge >= 0.3 is 0 Å². The van der Waals surface area contributed by atoms with E-state index >= 15 is 0 Å². The van der Waals surface area contributed by atoms with E-state index in [1.54, 1.807) is 0 Å². The Morgan fingerprint density at radius 2 is 1.81 bits per heavy atom. The van der Waals surface area contributed by atoms with Crippen molar-refractivity contribution in [2.75, 3.05) is 50.7 Å². The maximum atomic E-state index is 4.90. The number of aliphatic imine (C=N–C) groups is 1. The van der Waals surface area contributed by atoms with E-state index < -0.39 is 0 Å². The molecule has 2 heterocycles. The number of nitrogens with zero attached hydrogens (tertiary/aromatic N) is 5. The summed E-state index contributed by atoms with van der Waals surface area (Å²) in [6, 6.07) is 7.20. The molecule has 0 aromatic carbocycles. The number of halogens is 1. The number of nitrogens with one attached hydrogen (secondary N) is 1. The summed E-state index contributed by atoms with van der Waals surface area (Å²) in [6.45, 7) is 17.8. The third-order valence-electron chi connectivity index (χ3n) is 4.83. The van der Waals surface area contributed by atoms with Gasteiger partial charge < -0.3 is 15.1 Å². The van der Waals surface area contributed by atoms with Crippen LogP contribution in [0.4, 0.5) is 5.82 Å². The second-order valence-corrected chi connectivity index (χ2v) is 7.32. The summed E-state index contributed by atoms with van der Waals surface area (Å²) >= 11 is 0. The lowest BCUT2D eigenvalue weighted by molar-refractivity contribution is 0.180. The van der Waals surface area contributed by atoms with Crippen LogP contribution in [0.15, 0.2) is 29.4 Å². The van der Waals surface area contributed by atoms with Crippen molar-refractivity contribution < 1.29 is 0 Å². The first kappa shape index (κ1) is 23.9. The first-order valence-electron chi connectivity index (χ1n) is 9.98. The number of rotatable bonds is 7. The summed E-state index contributed by atoms with van der Waals surface area (Å²) < 4.78 is 0. The van der Waals surface area contributed by atoms with Crippen LogP contribution in [0.1, 0.15) is 34.6 Å². The molecule has 1 fully saturated rings. The molecule has 0 spiro atoms. The Bertz CT molecular complexity index is 533. The molecular formula is C20H37IN6. The topological polar surface area (TPSA) is 47.0 Å². The van der Waals surface area contributed by atoms with Crippen LogP contribution in [-0.4, -0.2) is 78.6 Å². The third-order valence-corrected chi connectivity index (χ3v) is 4.83. The van der Waals surface area contributed by atoms with Gasteiger partial charge in [-0.25, -0.2) is 4.98 Å². The van der Waals surface area contributed by atoms with Crippen molar-refractivity contribution in [3.8, 4) is 0 Å². The molecule has 1 aliphatic rings. The van der Waals surface area contributed by atoms with Crippen LogP contribution in [0.5, 0.6) is 0 Å². The Balaban J connectivity index is 0.00000364. The summed E-state index contributed by atoms with van der Waals surface area (Å²) in [5, 5.41) is 3.46. The van der Waals surface area contributed by atoms with Crippen LogP contribution in [0.3, 0.4) is 0 Å². The highest BCUT2D eigenvalue weighted by molar-refractivity contribution is 14.0. The second kappa shape index (κ2) is 12.4. The van der Waals surface area contributed by atoms with Crippen molar-refractivity contribution in [1.29, 1.82) is 0 Å². The second-order valence-electron chi connectivity index (χ2n) is 7.32. The van der Waals surface area contributed by atoms with Crippen molar-refractivity contribution in [2.45, 2.75) is 46.7 Å². The van der Waals surface area contributed by atoms with E-state index in [4.69, 9.17) is 4.99 Å². The van der Waals surface area contributed by atoms with Gasteiger partial charge in [0.2, 0.25) is 0 Å². The SMILES string of the molecule is CCNC(=NCCN(C(C)C)C(C)C)N1CCN(c2ccccn2)CC1.I. The summed E-state index contributed by atoms with van der Waals surface area (Å²) in [6.07, 6.45) is 1.86. The summed E-state index contributed by atoms with van der Waals surface area (Å²) in [7, 11) is 0. The monoisotopic (exact) mass is 488 g/mol. The molecule has 1 aromatic heterocycles. The molecule has 7 heteroatoms. The van der Waals surface area contributed by atoms with Gasteiger partial charge in [0.1, 0.15) is 5.82 Å². The number of aromatic nitrogens is 1. The van der Waals surface area contributed by atoms with Gasteiger partial charge in [0.25, 0.3) is 0 Å². The minimum Gasteiger partial charge on any atom is -0.357 e. The number of pyridine rings is 1. The van der Waals surface area contributed by atoms with Gasteiger partial charge in [-0.1, -0.05) is 6.07 Å². The van der Waals surface area contributed by atoms with Crippen molar-refractivity contribution in [3.63, 3.8) is 0 Å². The molecule has 0 radical (unpaired) electrons. The van der Waals surface area contributed by atoms with E-state index in [0.29, 0.717) is 12.1 Å². The molecule has 6 nitrogen and oxygen atoms in total. The molecule has 27 heavy (non-hydrogen) atoms. The summed E-state index contributed by atoms with van der Waals surface area (Å²) in [5.41, 5.74) is 0. The van der Waals surface area contributed by atoms with E-state index in [2.05, 4.69) is 71.8 Å². The largest absolute Gasteiger partial charge is 0.357 e. The predicted molar refractivity (Wildman–Crippen MR) is 126 cm³/mol. The number of piperazine rings is 1. The minimum absolute atomic E-state index is 0. The number of hydrogen-bond acceptors (Lipinski definition) is 4. The Labute approximate surface area is 182 Å². The molecule has 154 valence electrons. The fourth-order valence-electron chi connectivity index (χ4n) is 3.50. The molecule has 0 saturated carbocycles. The molecular weight excluding hydrogens is 451 g/mol. The van der Waals surface area contributed by atoms with Gasteiger partial charge in [-0.15, -0.1) is 24.0 Å². The van der Waals surface area contributed by atoms with Crippen LogP contribution < -0.4 is 10.2 Å². The van der Waals surface area contributed by atoms with Crippen molar-refractivity contribution >= 4 is 35.8 Å². The van der Waals surface area contributed by atoms with Crippen LogP contribution >= 0.6 is 24.0 Å². The van der Waals surface area contributed by atoms with Crippen molar-refractivity contribution in [3.05, 3.63) is 24.4 Å². The van der Waals surface area contributed by atoms with Crippen LogP contribution in [0.2, 0.25) is 0 Å². The van der Waals surface area contributed by atoms with E-state index in [0.717, 1.165) is 57.6 Å². The standard InChI is InChI=1S/C20H36N6.HI/c1-6-21-20(23-11-12-26(17(2)3)18(4)5)25-15-13-24(14-16-25)19-9-7-8-10-22-19;/h7-10,17-18H,6,11-16H2,1-5H3,(H,21,23);1H. The van der Waals surface area contributed by atoms with Gasteiger partial charge in [0.15, 0.2) is 5.96 Å². The normalized spacial score (nSPS) is 15.5. The van der Waals surface area contributed by atoms with Crippen LogP contribution in [0.25, 0.3) is 0 Å². The Hall–Kier alpha value is -1.09. The Morgan fingerprint density at radius 1 is 1.15 bits per heavy atom. The highest BCUT2D eigenvalue weighted by Crippen LogP contribution is 2.12. The molecule has 2 rings (SSSR count). The molecule has 1 aliphatic heterocycles. The zero-order valence-corrected chi connectivity index (χ0v) is 19.9. The van der Waals surface area contributed by atoms with Gasteiger partial charge in [0, 0.05) is 57.5 Å². The molecule has 0 unspecified atom stereocenters. The fourth-order valence-corrected chi connectivity index (χ4v) is 3.50. The quantitative estimate of drug-likeness (QED) is 0.364. The van der Waals surface area contributed by atoms with Gasteiger partial charge in [-0.05, 0) is 46.8 Å². The maximum absolute atomic E-state index is 4.90. The van der Waals surface area contributed by atoms with Crippen molar-refractivity contribution in [1.82, 2.24) is 20.1 Å². The highest BCUT2D eigenvalue weighted by Gasteiger charge is 2.20. The van der Waals surface area contributed by atoms with E-state index in [1.807, 2.05) is 12.3 Å². The first-order valence-corrected chi connectivity index (χ1v) is 9.98. The zero-order valence-electron chi connectivity index (χ0n) is 17.6.